The second-order valence-electron chi connectivity index (χ2n) is 5.05. The number of ether oxygens (including phenoxy) is 1. The molecule has 0 amide bonds. The minimum absolute atomic E-state index is 0.0553. The molecular weight excluding hydrogens is 290 g/mol. The third-order valence-electron chi connectivity index (χ3n) is 3.45. The molecule has 6 heteroatoms. The Labute approximate surface area is 135 Å². The summed E-state index contributed by atoms with van der Waals surface area (Å²) in [6, 6.07) is 11.9. The molecule has 0 saturated carbocycles. The molecular formula is C17H19N5O. The minimum atomic E-state index is 0.0553. The molecule has 0 aliphatic heterocycles. The predicted octanol–water partition coefficient (Wildman–Crippen LogP) is 3.23. The van der Waals surface area contributed by atoms with Crippen LogP contribution in [0.15, 0.2) is 55.1 Å². The van der Waals surface area contributed by atoms with Crippen LogP contribution in [0.3, 0.4) is 0 Å². The van der Waals surface area contributed by atoms with Crippen molar-refractivity contribution in [3.8, 4) is 11.6 Å². The lowest BCUT2D eigenvalue weighted by Gasteiger charge is -2.18. The zero-order valence-electron chi connectivity index (χ0n) is 13.2. The van der Waals surface area contributed by atoms with Gasteiger partial charge in [0.25, 0.3) is 0 Å². The number of nitrogens with zero attached hydrogens (tertiary/aromatic N) is 4. The zero-order chi connectivity index (χ0) is 16.1. The normalized spacial score (nSPS) is 11.9. The maximum Gasteiger partial charge on any atom is 0.218 e. The van der Waals surface area contributed by atoms with Crippen LogP contribution in [0, 0.1) is 0 Å². The Morgan fingerprint density at radius 2 is 2.09 bits per heavy atom. The van der Waals surface area contributed by atoms with Crippen molar-refractivity contribution in [2.75, 3.05) is 11.9 Å². The summed E-state index contributed by atoms with van der Waals surface area (Å²) in [6.07, 6.45) is 5.20. The molecule has 3 aromatic rings. The summed E-state index contributed by atoms with van der Waals surface area (Å²) in [4.78, 5) is 8.33. The van der Waals surface area contributed by atoms with Gasteiger partial charge in [0.15, 0.2) is 0 Å². The summed E-state index contributed by atoms with van der Waals surface area (Å²) in [6.45, 7) is 4.59. The number of nitrogens with one attached hydrogen (secondary N) is 1. The van der Waals surface area contributed by atoms with Gasteiger partial charge in [-0.15, -0.1) is 0 Å². The van der Waals surface area contributed by atoms with E-state index in [0.29, 0.717) is 12.5 Å². The van der Waals surface area contributed by atoms with E-state index < -0.39 is 0 Å². The van der Waals surface area contributed by atoms with Crippen molar-refractivity contribution in [2.24, 2.45) is 0 Å². The van der Waals surface area contributed by atoms with Crippen molar-refractivity contribution in [3.63, 3.8) is 0 Å². The fourth-order valence-electron chi connectivity index (χ4n) is 2.42. The Hall–Kier alpha value is -2.89. The van der Waals surface area contributed by atoms with Gasteiger partial charge >= 0.3 is 0 Å². The van der Waals surface area contributed by atoms with Crippen LogP contribution in [0.2, 0.25) is 0 Å². The fourth-order valence-corrected chi connectivity index (χ4v) is 2.42. The second kappa shape index (κ2) is 6.91. The van der Waals surface area contributed by atoms with Gasteiger partial charge in [0.2, 0.25) is 5.88 Å². The topological polar surface area (TPSA) is 64.9 Å². The summed E-state index contributed by atoms with van der Waals surface area (Å²) in [7, 11) is 0. The Morgan fingerprint density at radius 3 is 2.87 bits per heavy atom. The lowest BCUT2D eigenvalue weighted by molar-refractivity contribution is 0.326. The minimum Gasteiger partial charge on any atom is -0.478 e. The molecule has 0 aliphatic carbocycles. The summed E-state index contributed by atoms with van der Waals surface area (Å²) in [5.41, 5.74) is 2.17. The van der Waals surface area contributed by atoms with Gasteiger partial charge in [-0.1, -0.05) is 18.2 Å². The first-order chi connectivity index (χ1) is 11.3. The predicted molar refractivity (Wildman–Crippen MR) is 88.8 cm³/mol. The molecule has 0 saturated heterocycles. The highest BCUT2D eigenvalue weighted by Crippen LogP contribution is 2.24. The maximum absolute atomic E-state index is 5.41. The molecule has 1 N–H and O–H groups in total. The smallest absolute Gasteiger partial charge is 0.218 e. The van der Waals surface area contributed by atoms with Crippen molar-refractivity contribution < 1.29 is 4.74 Å². The maximum atomic E-state index is 5.41. The quantitative estimate of drug-likeness (QED) is 0.757. The number of anilines is 1. The van der Waals surface area contributed by atoms with Gasteiger partial charge in [-0.05, 0) is 31.5 Å². The molecule has 0 aliphatic rings. The SMILES string of the molecule is CCOc1cc(NC(C)c2ccccc2-n2cccn2)ncn1. The van der Waals surface area contributed by atoms with Crippen LogP contribution in [0.25, 0.3) is 5.69 Å². The van der Waals surface area contributed by atoms with E-state index in [1.807, 2.05) is 42.1 Å². The molecule has 2 heterocycles. The fraction of sp³-hybridized carbons (Fsp3) is 0.235. The van der Waals surface area contributed by atoms with Crippen LogP contribution in [0.4, 0.5) is 5.82 Å². The van der Waals surface area contributed by atoms with Gasteiger partial charge in [-0.25, -0.2) is 14.6 Å². The molecule has 0 radical (unpaired) electrons. The molecule has 0 bridgehead atoms. The molecule has 1 unspecified atom stereocenters. The van der Waals surface area contributed by atoms with Crippen LogP contribution in [-0.2, 0) is 0 Å². The molecule has 1 aromatic carbocycles. The van der Waals surface area contributed by atoms with Crippen molar-refractivity contribution in [1.29, 1.82) is 0 Å². The van der Waals surface area contributed by atoms with Gasteiger partial charge in [-0.3, -0.25) is 0 Å². The van der Waals surface area contributed by atoms with Gasteiger partial charge in [0.05, 0.1) is 18.3 Å². The van der Waals surface area contributed by atoms with Crippen LogP contribution < -0.4 is 10.1 Å². The molecule has 0 fully saturated rings. The van der Waals surface area contributed by atoms with Gasteiger partial charge in [0, 0.05) is 18.5 Å². The van der Waals surface area contributed by atoms with Crippen LogP contribution in [-0.4, -0.2) is 26.4 Å². The first-order valence-corrected chi connectivity index (χ1v) is 7.58. The van der Waals surface area contributed by atoms with E-state index in [4.69, 9.17) is 4.74 Å². The summed E-state index contributed by atoms with van der Waals surface area (Å²) in [5, 5.41) is 7.71. The molecule has 118 valence electrons. The van der Waals surface area contributed by atoms with Gasteiger partial charge < -0.3 is 10.1 Å². The van der Waals surface area contributed by atoms with Crippen molar-refractivity contribution in [2.45, 2.75) is 19.9 Å². The summed E-state index contributed by atoms with van der Waals surface area (Å²) >= 11 is 0. The monoisotopic (exact) mass is 309 g/mol. The molecule has 3 rings (SSSR count). The van der Waals surface area contributed by atoms with Crippen molar-refractivity contribution in [3.05, 3.63) is 60.7 Å². The summed E-state index contributed by atoms with van der Waals surface area (Å²) in [5.74, 6) is 1.30. The number of aromatic nitrogens is 4. The van der Waals surface area contributed by atoms with E-state index in [0.717, 1.165) is 17.1 Å². The molecule has 1 atom stereocenters. The van der Waals surface area contributed by atoms with Crippen LogP contribution in [0.5, 0.6) is 5.88 Å². The lowest BCUT2D eigenvalue weighted by atomic mass is 10.1. The highest BCUT2D eigenvalue weighted by atomic mass is 16.5. The molecule has 6 nitrogen and oxygen atoms in total. The van der Waals surface area contributed by atoms with E-state index in [-0.39, 0.29) is 6.04 Å². The Kier molecular flexibility index (Phi) is 4.52. The highest BCUT2D eigenvalue weighted by molar-refractivity contribution is 5.47. The number of hydrogen-bond acceptors (Lipinski definition) is 5. The Balaban J connectivity index is 1.84. The first kappa shape index (κ1) is 15.0. The Bertz CT molecular complexity index is 757. The number of para-hydroxylation sites is 1. The summed E-state index contributed by atoms with van der Waals surface area (Å²) < 4.78 is 7.27. The van der Waals surface area contributed by atoms with Gasteiger partial charge in [-0.2, -0.15) is 5.10 Å². The van der Waals surface area contributed by atoms with E-state index in [2.05, 4.69) is 33.4 Å². The standard InChI is InChI=1S/C17H19N5O/c1-3-23-17-11-16(18-12-19-17)21-13(2)14-7-4-5-8-15(14)22-10-6-9-20-22/h4-13H,3H2,1-2H3,(H,18,19,21). The third-order valence-corrected chi connectivity index (χ3v) is 3.45. The van der Waals surface area contributed by atoms with E-state index in [1.54, 1.807) is 12.3 Å². The number of benzene rings is 1. The number of hydrogen-bond donors (Lipinski definition) is 1. The van der Waals surface area contributed by atoms with Crippen LogP contribution in [0.1, 0.15) is 25.5 Å². The number of rotatable bonds is 6. The molecule has 23 heavy (non-hydrogen) atoms. The Morgan fingerprint density at radius 1 is 1.22 bits per heavy atom. The second-order valence-corrected chi connectivity index (χ2v) is 5.05. The molecule has 0 spiro atoms. The third kappa shape index (κ3) is 3.48. The lowest BCUT2D eigenvalue weighted by Crippen LogP contribution is -2.12. The molecule has 2 aromatic heterocycles. The average molecular weight is 309 g/mol. The largest absolute Gasteiger partial charge is 0.478 e. The first-order valence-electron chi connectivity index (χ1n) is 7.58. The van der Waals surface area contributed by atoms with E-state index >= 15 is 0 Å². The van der Waals surface area contributed by atoms with Gasteiger partial charge in [0.1, 0.15) is 12.1 Å². The van der Waals surface area contributed by atoms with E-state index in [9.17, 15) is 0 Å². The zero-order valence-corrected chi connectivity index (χ0v) is 13.2. The van der Waals surface area contributed by atoms with E-state index in [1.165, 1.54) is 6.33 Å². The van der Waals surface area contributed by atoms with Crippen LogP contribution >= 0.6 is 0 Å². The average Bonchev–Trinajstić information content (AvgIpc) is 3.10. The van der Waals surface area contributed by atoms with Crippen molar-refractivity contribution >= 4 is 5.82 Å². The van der Waals surface area contributed by atoms with Crippen molar-refractivity contribution in [1.82, 2.24) is 19.7 Å². The highest BCUT2D eigenvalue weighted by Gasteiger charge is 2.12.